The van der Waals surface area contributed by atoms with Crippen LogP contribution >= 0.6 is 22.9 Å². The van der Waals surface area contributed by atoms with Gasteiger partial charge in [0.05, 0.1) is 33.4 Å². The van der Waals surface area contributed by atoms with E-state index in [0.29, 0.717) is 21.3 Å². The topological polar surface area (TPSA) is 34.5 Å². The van der Waals surface area contributed by atoms with Gasteiger partial charge >= 0.3 is 6.18 Å². The van der Waals surface area contributed by atoms with Crippen LogP contribution in [0.25, 0.3) is 10.6 Å². The molecule has 1 atom stereocenters. The van der Waals surface area contributed by atoms with Crippen LogP contribution in [0.5, 0.6) is 5.75 Å². The lowest BCUT2D eigenvalue weighted by Crippen LogP contribution is -2.03. The van der Waals surface area contributed by atoms with E-state index in [1.807, 2.05) is 26.0 Å². The fraction of sp³-hybridized carbons (Fsp3) is 0.238. The van der Waals surface area contributed by atoms with E-state index in [1.165, 1.54) is 23.5 Å². The SMILES string of the molecule is Cc1nc(-c2ccc(C(F)(F)F)cc2)sc1C(C)Oc1ccc(C2=NC2)c(Cl)c1. The molecule has 2 heterocycles. The number of hydrogen-bond acceptors (Lipinski definition) is 4. The number of thiazole rings is 1. The lowest BCUT2D eigenvalue weighted by Gasteiger charge is -2.14. The van der Waals surface area contributed by atoms with Crippen molar-refractivity contribution >= 4 is 28.6 Å². The van der Waals surface area contributed by atoms with E-state index >= 15 is 0 Å². The van der Waals surface area contributed by atoms with Gasteiger partial charge in [-0.05, 0) is 44.2 Å². The van der Waals surface area contributed by atoms with Gasteiger partial charge in [0.1, 0.15) is 16.9 Å². The van der Waals surface area contributed by atoms with Crippen LogP contribution < -0.4 is 4.74 Å². The molecule has 0 fully saturated rings. The van der Waals surface area contributed by atoms with Crippen LogP contribution in [0.4, 0.5) is 13.2 Å². The molecule has 0 aliphatic carbocycles. The normalized spacial score (nSPS) is 14.5. The Balaban J connectivity index is 1.53. The second-order valence-electron chi connectivity index (χ2n) is 6.71. The predicted molar refractivity (Wildman–Crippen MR) is 109 cm³/mol. The molecule has 0 saturated heterocycles. The van der Waals surface area contributed by atoms with Gasteiger partial charge < -0.3 is 4.74 Å². The first-order valence-corrected chi connectivity index (χ1v) is 10.1. The Kier molecular flexibility index (Phi) is 5.12. The Hall–Kier alpha value is -2.38. The number of halogens is 4. The van der Waals surface area contributed by atoms with Gasteiger partial charge in [0.2, 0.25) is 0 Å². The van der Waals surface area contributed by atoms with E-state index in [9.17, 15) is 13.2 Å². The van der Waals surface area contributed by atoms with Gasteiger partial charge in [-0.25, -0.2) is 4.98 Å². The summed E-state index contributed by atoms with van der Waals surface area (Å²) in [5.74, 6) is 0.636. The number of benzene rings is 2. The van der Waals surface area contributed by atoms with E-state index in [2.05, 4.69) is 9.98 Å². The van der Waals surface area contributed by atoms with Crippen molar-refractivity contribution in [2.45, 2.75) is 26.1 Å². The summed E-state index contributed by atoms with van der Waals surface area (Å²) in [4.78, 5) is 9.58. The number of aliphatic imine (C=N–C) groups is 1. The minimum atomic E-state index is -4.35. The second-order valence-corrected chi connectivity index (χ2v) is 8.15. The average Bonchev–Trinajstić information content (AvgIpc) is 3.42. The van der Waals surface area contributed by atoms with Gasteiger partial charge in [-0.1, -0.05) is 23.7 Å². The van der Waals surface area contributed by atoms with Crippen LogP contribution in [-0.4, -0.2) is 17.2 Å². The highest BCUT2D eigenvalue weighted by Crippen LogP contribution is 2.36. The van der Waals surface area contributed by atoms with E-state index in [1.54, 1.807) is 6.07 Å². The number of hydrogen-bond donors (Lipinski definition) is 0. The third-order valence-corrected chi connectivity index (χ3v) is 6.22. The molecule has 29 heavy (non-hydrogen) atoms. The predicted octanol–water partition coefficient (Wildman–Crippen LogP) is 6.73. The third-order valence-electron chi connectivity index (χ3n) is 4.54. The number of ether oxygens (including phenoxy) is 1. The van der Waals surface area contributed by atoms with Gasteiger partial charge in [-0.3, -0.25) is 4.99 Å². The van der Waals surface area contributed by atoms with Gasteiger partial charge in [0, 0.05) is 11.1 Å². The number of aryl methyl sites for hydroxylation is 1. The largest absolute Gasteiger partial charge is 0.485 e. The standard InChI is InChI=1S/C21H16ClF3N2OS/c1-11-19(12(2)28-15-7-8-16(17(22)9-15)18-10-26-18)29-20(27-11)13-3-5-14(6-4-13)21(23,24)25/h3-9,12H,10H2,1-2H3. The van der Waals surface area contributed by atoms with Crippen LogP contribution in [0.3, 0.4) is 0 Å². The summed E-state index contributed by atoms with van der Waals surface area (Å²) in [5, 5.41) is 1.25. The Morgan fingerprint density at radius 2 is 1.83 bits per heavy atom. The molecule has 1 aliphatic heterocycles. The molecule has 1 unspecified atom stereocenters. The third kappa shape index (κ3) is 4.31. The highest BCUT2D eigenvalue weighted by atomic mass is 35.5. The van der Waals surface area contributed by atoms with Crippen molar-refractivity contribution < 1.29 is 17.9 Å². The van der Waals surface area contributed by atoms with Crippen molar-refractivity contribution in [3.8, 4) is 16.3 Å². The van der Waals surface area contributed by atoms with E-state index in [4.69, 9.17) is 16.3 Å². The molecule has 0 bridgehead atoms. The molecular weight excluding hydrogens is 421 g/mol. The monoisotopic (exact) mass is 436 g/mol. The Morgan fingerprint density at radius 1 is 1.14 bits per heavy atom. The highest BCUT2D eigenvalue weighted by Gasteiger charge is 2.30. The molecule has 150 valence electrons. The summed E-state index contributed by atoms with van der Waals surface area (Å²) in [6, 6.07) is 10.5. The van der Waals surface area contributed by atoms with Crippen molar-refractivity contribution in [1.82, 2.24) is 4.98 Å². The maximum atomic E-state index is 12.8. The molecule has 0 radical (unpaired) electrons. The lowest BCUT2D eigenvalue weighted by molar-refractivity contribution is -0.137. The van der Waals surface area contributed by atoms with Gasteiger partial charge in [0.25, 0.3) is 0 Å². The van der Waals surface area contributed by atoms with Crippen molar-refractivity contribution in [2.24, 2.45) is 4.99 Å². The van der Waals surface area contributed by atoms with E-state index < -0.39 is 11.7 Å². The number of rotatable bonds is 5. The van der Waals surface area contributed by atoms with Crippen LogP contribution in [0.1, 0.15) is 34.7 Å². The maximum Gasteiger partial charge on any atom is 0.416 e. The molecule has 3 aromatic rings. The van der Waals surface area contributed by atoms with Crippen molar-refractivity contribution in [3.05, 3.63) is 69.2 Å². The first-order valence-electron chi connectivity index (χ1n) is 8.87. The summed E-state index contributed by atoms with van der Waals surface area (Å²) in [5.41, 5.74) is 2.66. The van der Waals surface area contributed by atoms with E-state index in [0.717, 1.165) is 40.5 Å². The quantitative estimate of drug-likeness (QED) is 0.444. The van der Waals surface area contributed by atoms with Crippen LogP contribution in [-0.2, 0) is 6.18 Å². The maximum absolute atomic E-state index is 12.8. The molecule has 0 saturated carbocycles. The molecule has 2 aromatic carbocycles. The molecular formula is C21H16ClF3N2OS. The minimum absolute atomic E-state index is 0.282. The summed E-state index contributed by atoms with van der Waals surface area (Å²) in [6.45, 7) is 4.49. The molecule has 1 aromatic heterocycles. The zero-order chi connectivity index (χ0) is 20.8. The summed E-state index contributed by atoms with van der Waals surface area (Å²) >= 11 is 7.71. The van der Waals surface area contributed by atoms with Crippen LogP contribution in [0.2, 0.25) is 5.02 Å². The fourth-order valence-corrected chi connectivity index (χ4v) is 4.31. The summed E-state index contributed by atoms with van der Waals surface area (Å²) in [7, 11) is 0. The Labute approximate surface area is 174 Å². The van der Waals surface area contributed by atoms with E-state index in [-0.39, 0.29) is 6.10 Å². The van der Waals surface area contributed by atoms with Crippen molar-refractivity contribution in [2.75, 3.05) is 6.54 Å². The van der Waals surface area contributed by atoms with Gasteiger partial charge in [-0.15, -0.1) is 11.3 Å². The molecule has 0 spiro atoms. The minimum Gasteiger partial charge on any atom is -0.485 e. The highest BCUT2D eigenvalue weighted by molar-refractivity contribution is 7.15. The first kappa shape index (κ1) is 19.9. The second kappa shape index (κ2) is 7.46. The van der Waals surface area contributed by atoms with Crippen molar-refractivity contribution in [1.29, 1.82) is 0 Å². The van der Waals surface area contributed by atoms with Crippen LogP contribution in [0.15, 0.2) is 47.5 Å². The zero-order valence-corrected chi connectivity index (χ0v) is 17.1. The zero-order valence-electron chi connectivity index (χ0n) is 15.5. The molecule has 1 aliphatic rings. The van der Waals surface area contributed by atoms with Gasteiger partial charge in [0.15, 0.2) is 0 Å². The number of aromatic nitrogens is 1. The lowest BCUT2D eigenvalue weighted by atomic mass is 10.1. The first-order chi connectivity index (χ1) is 13.7. The summed E-state index contributed by atoms with van der Waals surface area (Å²) in [6.07, 6.45) is -4.63. The molecule has 0 N–H and O–H groups in total. The Morgan fingerprint density at radius 3 is 2.41 bits per heavy atom. The van der Waals surface area contributed by atoms with Crippen molar-refractivity contribution in [3.63, 3.8) is 0 Å². The average molecular weight is 437 g/mol. The molecule has 8 heteroatoms. The van der Waals surface area contributed by atoms with Gasteiger partial charge in [-0.2, -0.15) is 13.2 Å². The smallest absolute Gasteiger partial charge is 0.416 e. The molecule has 4 rings (SSSR count). The van der Waals surface area contributed by atoms with Crippen LogP contribution in [0, 0.1) is 6.92 Å². The molecule has 0 amide bonds. The summed E-state index contributed by atoms with van der Waals surface area (Å²) < 4.78 is 44.3. The number of alkyl halides is 3. The molecule has 3 nitrogen and oxygen atoms in total. The Bertz CT molecular complexity index is 1090. The fourth-order valence-electron chi connectivity index (χ4n) is 2.98. The number of nitrogens with zero attached hydrogens (tertiary/aromatic N) is 2.